The number of aliphatic hydroxyl groups excluding tert-OH is 1. The van der Waals surface area contributed by atoms with Crippen LogP contribution in [0.25, 0.3) is 0 Å². The Morgan fingerprint density at radius 2 is 2.10 bits per heavy atom. The van der Waals surface area contributed by atoms with Gasteiger partial charge in [-0.1, -0.05) is 0 Å². The molecule has 0 spiro atoms. The zero-order valence-electron chi connectivity index (χ0n) is 5.62. The predicted octanol–water partition coefficient (Wildman–Crippen LogP) is 0.00150. The van der Waals surface area contributed by atoms with Crippen LogP contribution in [0.4, 0.5) is 0 Å². The second-order valence-electron chi connectivity index (χ2n) is 2.25. The fraction of sp³-hybridized carbons (Fsp3) is 1.00. The molecule has 60 valence electrons. The normalized spacial score (nSPS) is 34.2. The highest BCUT2D eigenvalue weighted by atomic mass is 35.5. The first-order chi connectivity index (χ1) is 4.86. The quantitative estimate of drug-likeness (QED) is 0.587. The van der Waals surface area contributed by atoms with Gasteiger partial charge in [0.2, 0.25) is 0 Å². The van der Waals surface area contributed by atoms with Crippen molar-refractivity contribution >= 4 is 11.6 Å². The summed E-state index contributed by atoms with van der Waals surface area (Å²) in [6.45, 7) is 1.03. The van der Waals surface area contributed by atoms with Gasteiger partial charge in [-0.05, 0) is 0 Å². The van der Waals surface area contributed by atoms with Crippen molar-refractivity contribution in [3.8, 4) is 0 Å². The standard InChI is InChI=1S/C6H11ClO3/c7-1-5-3-9-4-6(2-8)10-5/h5-6,8H,1-4H2/t5-,6-/m1/s1. The van der Waals surface area contributed by atoms with E-state index in [0.29, 0.717) is 19.1 Å². The maximum Gasteiger partial charge on any atom is 0.104 e. The molecule has 0 aromatic heterocycles. The Hall–Kier alpha value is 0.170. The van der Waals surface area contributed by atoms with Crippen LogP contribution in [0, 0.1) is 0 Å². The van der Waals surface area contributed by atoms with Gasteiger partial charge in [-0.15, -0.1) is 11.6 Å². The lowest BCUT2D eigenvalue weighted by molar-refractivity contribution is -0.142. The minimum absolute atomic E-state index is 0.00733. The first kappa shape index (κ1) is 8.27. The summed E-state index contributed by atoms with van der Waals surface area (Å²) in [5.74, 6) is 0.427. The summed E-state index contributed by atoms with van der Waals surface area (Å²) in [6, 6.07) is 0. The lowest BCUT2D eigenvalue weighted by Gasteiger charge is -2.27. The van der Waals surface area contributed by atoms with Gasteiger partial charge in [-0.3, -0.25) is 0 Å². The molecule has 1 N–H and O–H groups in total. The Morgan fingerprint density at radius 1 is 1.40 bits per heavy atom. The molecular weight excluding hydrogens is 156 g/mol. The van der Waals surface area contributed by atoms with Gasteiger partial charge in [0, 0.05) is 0 Å². The Bertz CT molecular complexity index is 89.0. The fourth-order valence-corrected chi connectivity index (χ4v) is 1.02. The van der Waals surface area contributed by atoms with Crippen molar-refractivity contribution in [2.45, 2.75) is 12.2 Å². The summed E-state index contributed by atoms with van der Waals surface area (Å²) in [5.41, 5.74) is 0. The highest BCUT2D eigenvalue weighted by molar-refractivity contribution is 6.18. The van der Waals surface area contributed by atoms with Crippen molar-refractivity contribution in [1.29, 1.82) is 0 Å². The smallest absolute Gasteiger partial charge is 0.104 e. The zero-order valence-corrected chi connectivity index (χ0v) is 6.38. The molecule has 0 aromatic carbocycles. The van der Waals surface area contributed by atoms with Gasteiger partial charge >= 0.3 is 0 Å². The predicted molar refractivity (Wildman–Crippen MR) is 37.3 cm³/mol. The third-order valence-corrected chi connectivity index (χ3v) is 1.71. The molecule has 0 amide bonds. The Labute approximate surface area is 64.9 Å². The van der Waals surface area contributed by atoms with Crippen LogP contribution in [-0.2, 0) is 9.47 Å². The topological polar surface area (TPSA) is 38.7 Å². The van der Waals surface area contributed by atoms with Crippen LogP contribution in [0.3, 0.4) is 0 Å². The Balaban J connectivity index is 2.25. The van der Waals surface area contributed by atoms with Gasteiger partial charge in [-0.25, -0.2) is 0 Å². The second kappa shape index (κ2) is 4.13. The molecule has 1 saturated heterocycles. The van der Waals surface area contributed by atoms with E-state index in [-0.39, 0.29) is 18.8 Å². The van der Waals surface area contributed by atoms with E-state index in [1.54, 1.807) is 0 Å². The zero-order chi connectivity index (χ0) is 7.40. The molecule has 0 saturated carbocycles. The van der Waals surface area contributed by atoms with E-state index in [2.05, 4.69) is 0 Å². The van der Waals surface area contributed by atoms with Crippen LogP contribution in [0.2, 0.25) is 0 Å². The molecule has 4 heteroatoms. The molecular formula is C6H11ClO3. The Kier molecular flexibility index (Phi) is 3.42. The van der Waals surface area contributed by atoms with Crippen molar-refractivity contribution < 1.29 is 14.6 Å². The Morgan fingerprint density at radius 3 is 2.70 bits per heavy atom. The molecule has 2 atom stereocenters. The van der Waals surface area contributed by atoms with E-state index in [4.69, 9.17) is 26.2 Å². The number of aliphatic hydroxyl groups is 1. The monoisotopic (exact) mass is 166 g/mol. The number of hydrogen-bond acceptors (Lipinski definition) is 3. The molecule has 1 fully saturated rings. The molecule has 1 heterocycles. The SMILES string of the molecule is OC[C@@H]1COC[C@@H](CCl)O1. The molecule has 0 aliphatic carbocycles. The number of ether oxygens (including phenoxy) is 2. The van der Waals surface area contributed by atoms with Gasteiger partial charge < -0.3 is 14.6 Å². The number of rotatable bonds is 2. The van der Waals surface area contributed by atoms with Crippen molar-refractivity contribution in [2.24, 2.45) is 0 Å². The van der Waals surface area contributed by atoms with Crippen molar-refractivity contribution in [3.63, 3.8) is 0 Å². The van der Waals surface area contributed by atoms with E-state index < -0.39 is 0 Å². The third kappa shape index (κ3) is 2.09. The summed E-state index contributed by atoms with van der Waals surface area (Å²) in [6.07, 6.45) is -0.231. The van der Waals surface area contributed by atoms with Gasteiger partial charge in [0.15, 0.2) is 0 Å². The molecule has 0 aromatic rings. The minimum atomic E-state index is -0.183. The average molecular weight is 167 g/mol. The van der Waals surface area contributed by atoms with E-state index in [9.17, 15) is 0 Å². The minimum Gasteiger partial charge on any atom is -0.394 e. The molecule has 1 aliphatic heterocycles. The van der Waals surface area contributed by atoms with Gasteiger partial charge in [-0.2, -0.15) is 0 Å². The maximum atomic E-state index is 8.66. The molecule has 1 aliphatic rings. The highest BCUT2D eigenvalue weighted by Gasteiger charge is 2.20. The van der Waals surface area contributed by atoms with Crippen LogP contribution in [0.1, 0.15) is 0 Å². The molecule has 0 radical (unpaired) electrons. The van der Waals surface area contributed by atoms with Gasteiger partial charge in [0.1, 0.15) is 6.10 Å². The summed E-state index contributed by atoms with van der Waals surface area (Å²) >= 11 is 5.52. The first-order valence-corrected chi connectivity index (χ1v) is 3.80. The van der Waals surface area contributed by atoms with E-state index in [1.165, 1.54) is 0 Å². The molecule has 10 heavy (non-hydrogen) atoms. The van der Waals surface area contributed by atoms with Crippen LogP contribution in [0.15, 0.2) is 0 Å². The number of halogens is 1. The largest absolute Gasteiger partial charge is 0.394 e. The maximum absolute atomic E-state index is 8.66. The first-order valence-electron chi connectivity index (χ1n) is 3.27. The average Bonchev–Trinajstić information content (AvgIpc) is 2.05. The van der Waals surface area contributed by atoms with Gasteiger partial charge in [0.25, 0.3) is 0 Å². The third-order valence-electron chi connectivity index (χ3n) is 1.37. The molecule has 0 unspecified atom stereocenters. The fourth-order valence-electron chi connectivity index (χ4n) is 0.858. The molecule has 1 rings (SSSR count). The lowest BCUT2D eigenvalue weighted by atomic mass is 10.3. The van der Waals surface area contributed by atoms with E-state index >= 15 is 0 Å². The molecule has 3 nitrogen and oxygen atoms in total. The van der Waals surface area contributed by atoms with Crippen LogP contribution in [-0.4, -0.2) is 43.0 Å². The summed E-state index contributed by atoms with van der Waals surface area (Å²) in [5, 5.41) is 8.66. The lowest BCUT2D eigenvalue weighted by Crippen LogP contribution is -2.39. The summed E-state index contributed by atoms with van der Waals surface area (Å²) < 4.78 is 10.4. The van der Waals surface area contributed by atoms with Crippen LogP contribution >= 0.6 is 11.6 Å². The van der Waals surface area contributed by atoms with Crippen molar-refractivity contribution in [3.05, 3.63) is 0 Å². The van der Waals surface area contributed by atoms with Crippen LogP contribution < -0.4 is 0 Å². The highest BCUT2D eigenvalue weighted by Crippen LogP contribution is 2.08. The second-order valence-corrected chi connectivity index (χ2v) is 2.56. The van der Waals surface area contributed by atoms with Crippen molar-refractivity contribution in [2.75, 3.05) is 25.7 Å². The number of alkyl halides is 1. The van der Waals surface area contributed by atoms with E-state index in [1.807, 2.05) is 0 Å². The van der Waals surface area contributed by atoms with Gasteiger partial charge in [0.05, 0.1) is 31.8 Å². The number of hydrogen-bond donors (Lipinski definition) is 1. The van der Waals surface area contributed by atoms with E-state index in [0.717, 1.165) is 0 Å². The molecule has 0 bridgehead atoms. The van der Waals surface area contributed by atoms with Crippen LogP contribution in [0.5, 0.6) is 0 Å². The summed E-state index contributed by atoms with van der Waals surface area (Å²) in [7, 11) is 0. The summed E-state index contributed by atoms with van der Waals surface area (Å²) in [4.78, 5) is 0. The van der Waals surface area contributed by atoms with Crippen molar-refractivity contribution in [1.82, 2.24) is 0 Å².